The zero-order valence-electron chi connectivity index (χ0n) is 3.86. The van der Waals surface area contributed by atoms with Crippen LogP contribution in [0.3, 0.4) is 0 Å². The molecule has 0 heterocycles. The summed E-state index contributed by atoms with van der Waals surface area (Å²) >= 11 is 10.3. The average Bonchev–Trinajstić information content (AvgIpc) is 1.61. The van der Waals surface area contributed by atoms with Crippen LogP contribution in [0.15, 0.2) is 5.10 Å². The van der Waals surface area contributed by atoms with E-state index in [1.54, 1.807) is 5.84 Å². The number of rotatable bonds is 2. The summed E-state index contributed by atoms with van der Waals surface area (Å²) in [6.45, 7) is 0. The van der Waals surface area contributed by atoms with Crippen LogP contribution >= 0.6 is 23.2 Å². The van der Waals surface area contributed by atoms with Gasteiger partial charge < -0.3 is 5.84 Å². The van der Waals surface area contributed by atoms with Crippen LogP contribution in [-0.2, 0) is 0 Å². The number of halogens is 2. The van der Waals surface area contributed by atoms with E-state index in [0.29, 0.717) is 0 Å². The molecule has 0 fully saturated rings. The SMILES string of the molecule is [3H]N/N=C/C(Cl)Cl. The van der Waals surface area contributed by atoms with E-state index >= 15 is 0 Å². The number of nitrogens with zero attached hydrogens (tertiary/aromatic N) is 1. The van der Waals surface area contributed by atoms with Crippen LogP contribution in [0.1, 0.15) is 0 Å². The topological polar surface area (TPSA) is 38.4 Å². The summed E-state index contributed by atoms with van der Waals surface area (Å²) in [6, 6.07) is 0. The van der Waals surface area contributed by atoms with E-state index in [-0.39, 0.29) is 0 Å². The second-order valence-electron chi connectivity index (χ2n) is 0.613. The van der Waals surface area contributed by atoms with Gasteiger partial charge >= 0.3 is 0 Å². The summed E-state index contributed by atoms with van der Waals surface area (Å²) in [4.78, 5) is -0.627. The molecule has 0 rings (SSSR count). The fourth-order valence-electron chi connectivity index (χ4n) is 0.0563. The van der Waals surface area contributed by atoms with Gasteiger partial charge in [0, 0.05) is 0 Å². The van der Waals surface area contributed by atoms with Crippen LogP contribution in [-0.4, -0.2) is 11.1 Å². The van der Waals surface area contributed by atoms with Crippen molar-refractivity contribution < 1.29 is 1.41 Å². The molecule has 0 amide bonds. The molecule has 0 aliphatic heterocycles. The minimum Gasteiger partial charge on any atom is -0.324 e. The van der Waals surface area contributed by atoms with Crippen molar-refractivity contribution in [3.8, 4) is 0 Å². The van der Waals surface area contributed by atoms with Crippen molar-refractivity contribution in [2.75, 3.05) is 0 Å². The highest BCUT2D eigenvalue weighted by atomic mass is 35.5. The van der Waals surface area contributed by atoms with Gasteiger partial charge in [-0.25, -0.2) is 0 Å². The fraction of sp³-hybridized carbons (Fsp3) is 0.500. The third-order valence-electron chi connectivity index (χ3n) is 0.187. The number of nitrogens with two attached hydrogens (primary N) is 1. The minimum atomic E-state index is -0.627. The second-order valence-corrected chi connectivity index (χ2v) is 1.78. The van der Waals surface area contributed by atoms with E-state index in [0.717, 1.165) is 0 Å². The summed E-state index contributed by atoms with van der Waals surface area (Å²) < 4.78 is 6.23. The minimum absolute atomic E-state index is 0.627. The first kappa shape index (κ1) is 4.22. The molecule has 2 N–H and O–H groups in total. The highest BCUT2D eigenvalue weighted by molar-refractivity contribution is 6.51. The van der Waals surface area contributed by atoms with Crippen LogP contribution in [0.2, 0.25) is 1.41 Å². The Kier molecular flexibility index (Phi) is 2.28. The highest BCUT2D eigenvalue weighted by Crippen LogP contribution is 1.94. The molecule has 0 aromatic heterocycles. The predicted molar refractivity (Wildman–Crippen MR) is 28.2 cm³/mol. The standard InChI is InChI=1S/C2H4Cl2N2/c3-2(4)1-6-5/h1-2H,5H2/b6-1+/i/hT. The van der Waals surface area contributed by atoms with Crippen LogP contribution in [0.4, 0.5) is 0 Å². The Hall–Kier alpha value is 0.0500. The lowest BCUT2D eigenvalue weighted by Crippen LogP contribution is -1.90. The molecule has 0 atom stereocenters. The zero-order chi connectivity index (χ0) is 5.70. The second kappa shape index (κ2) is 3.25. The largest absolute Gasteiger partial charge is 0.324 e. The Bertz CT molecular complexity index is 64.7. The van der Waals surface area contributed by atoms with Gasteiger partial charge in [-0.1, -0.05) is 23.2 Å². The molecule has 0 unspecified atom stereocenters. The number of hydrazone groups is 1. The molecular weight excluding hydrogens is 123 g/mol. The van der Waals surface area contributed by atoms with Crippen molar-refractivity contribution in [1.29, 1.82) is 0 Å². The monoisotopic (exact) mass is 128 g/mol. The van der Waals surface area contributed by atoms with Crippen molar-refractivity contribution in [2.45, 2.75) is 4.84 Å². The van der Waals surface area contributed by atoms with E-state index in [1.165, 1.54) is 6.21 Å². The van der Waals surface area contributed by atoms with E-state index in [2.05, 4.69) is 5.10 Å². The quantitative estimate of drug-likeness (QED) is 0.254. The molecule has 0 saturated carbocycles. The summed E-state index contributed by atoms with van der Waals surface area (Å²) in [5.74, 6) is 1.75. The van der Waals surface area contributed by atoms with E-state index in [9.17, 15) is 0 Å². The van der Waals surface area contributed by atoms with Crippen molar-refractivity contribution in [3.63, 3.8) is 0 Å². The number of hydrogen-bond donors (Lipinski definition) is 1. The molecule has 0 bridgehead atoms. The van der Waals surface area contributed by atoms with Crippen LogP contribution in [0.25, 0.3) is 0 Å². The molecule has 0 aliphatic carbocycles. The third kappa shape index (κ3) is 4.05. The maximum Gasteiger partial charge on any atom is 0.179 e. The molecule has 36 valence electrons. The van der Waals surface area contributed by atoms with Crippen molar-refractivity contribution in [2.24, 2.45) is 10.9 Å². The molecule has 2 nitrogen and oxygen atoms in total. The molecule has 0 aromatic carbocycles. The third-order valence-corrected chi connectivity index (χ3v) is 0.413. The van der Waals surface area contributed by atoms with Gasteiger partial charge in [0.25, 0.3) is 0 Å². The van der Waals surface area contributed by atoms with Gasteiger partial charge in [0.1, 0.15) is 4.84 Å². The molecular formula is C2H4Cl2N2. The Morgan fingerprint density at radius 1 is 2.00 bits per heavy atom. The molecule has 0 aromatic rings. The van der Waals surface area contributed by atoms with Gasteiger partial charge in [0.05, 0.1) is 6.21 Å². The van der Waals surface area contributed by atoms with Crippen molar-refractivity contribution in [3.05, 3.63) is 0 Å². The average molecular weight is 129 g/mol. The van der Waals surface area contributed by atoms with E-state index in [1.807, 2.05) is 0 Å². The number of alkyl halides is 2. The van der Waals surface area contributed by atoms with Gasteiger partial charge in [0.15, 0.2) is 1.41 Å². The van der Waals surface area contributed by atoms with E-state index in [4.69, 9.17) is 24.6 Å². The van der Waals surface area contributed by atoms with Crippen LogP contribution in [0.5, 0.6) is 0 Å². The maximum absolute atomic E-state index is 6.23. The first-order chi connectivity index (χ1) is 3.27. The first-order valence-corrected chi connectivity index (χ1v) is 2.12. The summed E-state index contributed by atoms with van der Waals surface area (Å²) in [7, 11) is 0. The van der Waals surface area contributed by atoms with Crippen LogP contribution < -0.4 is 5.84 Å². The predicted octanol–water partition coefficient (Wildman–Crippen LogP) is 0.735. The smallest absolute Gasteiger partial charge is 0.179 e. The van der Waals surface area contributed by atoms with Gasteiger partial charge in [-0.05, 0) is 0 Å². The molecule has 4 heteroatoms. The van der Waals surface area contributed by atoms with Gasteiger partial charge in [-0.15, -0.1) is 0 Å². The van der Waals surface area contributed by atoms with Crippen molar-refractivity contribution >= 4 is 29.4 Å². The Morgan fingerprint density at radius 3 is 2.83 bits per heavy atom. The normalized spacial score (nSPS) is 12.8. The summed E-state index contributed by atoms with van der Waals surface area (Å²) in [6.07, 6.45) is 1.20. The molecule has 0 saturated heterocycles. The van der Waals surface area contributed by atoms with E-state index < -0.39 is 4.84 Å². The van der Waals surface area contributed by atoms with Gasteiger partial charge in [-0.3, -0.25) is 0 Å². The fourth-order valence-corrected chi connectivity index (χ4v) is 0.169. The summed E-state index contributed by atoms with van der Waals surface area (Å²) in [5.41, 5.74) is 0. The first-order valence-electron chi connectivity index (χ1n) is 1.75. The van der Waals surface area contributed by atoms with Gasteiger partial charge in [-0.2, -0.15) is 5.10 Å². The zero-order valence-corrected chi connectivity index (χ0v) is 4.37. The molecule has 6 heavy (non-hydrogen) atoms. The lowest BCUT2D eigenvalue weighted by atomic mass is 10.9. The lowest BCUT2D eigenvalue weighted by molar-refractivity contribution is 1.26. The number of hydrogen-bond acceptors (Lipinski definition) is 2. The maximum atomic E-state index is 6.23. The Morgan fingerprint density at radius 2 is 2.67 bits per heavy atom. The molecule has 0 radical (unpaired) electrons. The molecule has 0 spiro atoms. The van der Waals surface area contributed by atoms with Crippen molar-refractivity contribution in [1.82, 2.24) is 0 Å². The highest BCUT2D eigenvalue weighted by Gasteiger charge is 1.85. The lowest BCUT2D eigenvalue weighted by Gasteiger charge is -1.80. The Balaban J connectivity index is 3.08. The van der Waals surface area contributed by atoms with Gasteiger partial charge in [0.2, 0.25) is 0 Å². The molecule has 0 aliphatic rings. The Labute approximate surface area is 47.4 Å². The summed E-state index contributed by atoms with van der Waals surface area (Å²) in [5, 5.41) is 3.20. The van der Waals surface area contributed by atoms with Crippen LogP contribution in [0, 0.1) is 0 Å².